The van der Waals surface area contributed by atoms with Crippen molar-refractivity contribution in [1.82, 2.24) is 0 Å². The highest BCUT2D eigenvalue weighted by molar-refractivity contribution is 5.51. The molecule has 0 fully saturated rings. The lowest BCUT2D eigenvalue weighted by atomic mass is 9.88. The SMILES string of the molecule is CCOc1ccccc1N.CCc1cccc(N)c1.NC1CCCc2ccccc21. The second-order valence-electron chi connectivity index (χ2n) is 7.27. The van der Waals surface area contributed by atoms with Gasteiger partial charge in [-0.05, 0) is 73.6 Å². The largest absolute Gasteiger partial charge is 0.492 e. The molecular weight excluding hydrogens is 370 g/mol. The first-order valence-electron chi connectivity index (χ1n) is 10.7. The fourth-order valence-electron chi connectivity index (χ4n) is 3.37. The number of hydrogen-bond donors (Lipinski definition) is 3. The number of nitrogen functional groups attached to an aromatic ring is 2. The van der Waals surface area contributed by atoms with Crippen LogP contribution in [0.1, 0.15) is 49.4 Å². The lowest BCUT2D eigenvalue weighted by Crippen LogP contribution is -2.16. The summed E-state index contributed by atoms with van der Waals surface area (Å²) in [6, 6.07) is 24.2. The first-order chi connectivity index (χ1) is 14.5. The van der Waals surface area contributed by atoms with E-state index in [4.69, 9.17) is 21.9 Å². The molecule has 0 amide bonds. The second kappa shape index (κ2) is 12.6. The van der Waals surface area contributed by atoms with Crippen LogP contribution < -0.4 is 21.9 Å². The minimum Gasteiger partial charge on any atom is -0.492 e. The maximum atomic E-state index is 5.95. The van der Waals surface area contributed by atoms with Crippen molar-refractivity contribution in [2.45, 2.75) is 45.6 Å². The average Bonchev–Trinajstić information content (AvgIpc) is 2.77. The number of ether oxygens (including phenoxy) is 1. The average molecular weight is 406 g/mol. The molecule has 1 atom stereocenters. The van der Waals surface area contributed by atoms with E-state index in [2.05, 4.69) is 37.3 Å². The molecule has 30 heavy (non-hydrogen) atoms. The van der Waals surface area contributed by atoms with E-state index < -0.39 is 0 Å². The third-order valence-corrected chi connectivity index (χ3v) is 4.99. The van der Waals surface area contributed by atoms with Crippen LogP contribution in [0.4, 0.5) is 11.4 Å². The van der Waals surface area contributed by atoms with Crippen molar-refractivity contribution in [3.8, 4) is 5.75 Å². The van der Waals surface area contributed by atoms with Crippen LogP contribution in [0.15, 0.2) is 72.8 Å². The van der Waals surface area contributed by atoms with Gasteiger partial charge >= 0.3 is 0 Å². The molecule has 0 heterocycles. The zero-order valence-corrected chi connectivity index (χ0v) is 18.2. The fourth-order valence-corrected chi connectivity index (χ4v) is 3.37. The summed E-state index contributed by atoms with van der Waals surface area (Å²) in [7, 11) is 0. The monoisotopic (exact) mass is 405 g/mol. The summed E-state index contributed by atoms with van der Waals surface area (Å²) in [5, 5.41) is 0. The first kappa shape index (κ1) is 23.3. The van der Waals surface area contributed by atoms with Crippen LogP contribution >= 0.6 is 0 Å². The highest BCUT2D eigenvalue weighted by atomic mass is 16.5. The normalized spacial score (nSPS) is 14.3. The van der Waals surface area contributed by atoms with Gasteiger partial charge in [-0.25, -0.2) is 0 Å². The van der Waals surface area contributed by atoms with E-state index in [0.29, 0.717) is 18.3 Å². The van der Waals surface area contributed by atoms with Crippen molar-refractivity contribution in [3.05, 3.63) is 89.5 Å². The molecule has 0 bridgehead atoms. The van der Waals surface area contributed by atoms with E-state index in [1.165, 1.54) is 29.5 Å². The van der Waals surface area contributed by atoms with Gasteiger partial charge in [-0.2, -0.15) is 0 Å². The molecule has 4 rings (SSSR count). The Labute approximate surface area is 181 Å². The maximum Gasteiger partial charge on any atom is 0.142 e. The van der Waals surface area contributed by atoms with E-state index in [9.17, 15) is 0 Å². The van der Waals surface area contributed by atoms with Crippen molar-refractivity contribution in [2.75, 3.05) is 18.1 Å². The molecule has 6 N–H and O–H groups in total. The number of anilines is 2. The molecule has 0 aliphatic heterocycles. The van der Waals surface area contributed by atoms with Crippen LogP contribution in [0.3, 0.4) is 0 Å². The van der Waals surface area contributed by atoms with Gasteiger partial charge in [0.2, 0.25) is 0 Å². The van der Waals surface area contributed by atoms with Crippen molar-refractivity contribution >= 4 is 11.4 Å². The number of para-hydroxylation sites is 2. The number of rotatable bonds is 3. The third kappa shape index (κ3) is 7.45. The molecule has 160 valence electrons. The van der Waals surface area contributed by atoms with Crippen molar-refractivity contribution in [1.29, 1.82) is 0 Å². The van der Waals surface area contributed by atoms with Gasteiger partial charge in [0.15, 0.2) is 0 Å². The predicted molar refractivity (Wildman–Crippen MR) is 129 cm³/mol. The summed E-state index contributed by atoms with van der Waals surface area (Å²) < 4.78 is 5.21. The predicted octanol–water partition coefficient (Wildman–Crippen LogP) is 5.52. The molecule has 0 radical (unpaired) electrons. The fraction of sp³-hybridized carbons (Fsp3) is 0.308. The van der Waals surface area contributed by atoms with E-state index in [0.717, 1.165) is 24.3 Å². The van der Waals surface area contributed by atoms with Gasteiger partial charge in [0.25, 0.3) is 0 Å². The third-order valence-electron chi connectivity index (χ3n) is 4.99. The molecule has 4 nitrogen and oxygen atoms in total. The van der Waals surface area contributed by atoms with Crippen LogP contribution in [-0.4, -0.2) is 6.61 Å². The van der Waals surface area contributed by atoms with E-state index in [1.807, 2.05) is 49.4 Å². The van der Waals surface area contributed by atoms with E-state index in [1.54, 1.807) is 0 Å². The van der Waals surface area contributed by atoms with Crippen LogP contribution in [0.5, 0.6) is 5.75 Å². The minimum absolute atomic E-state index is 0.292. The molecule has 4 heteroatoms. The molecule has 1 unspecified atom stereocenters. The Bertz CT molecular complexity index is 895. The molecule has 3 aromatic rings. The van der Waals surface area contributed by atoms with Crippen LogP contribution in [-0.2, 0) is 12.8 Å². The molecule has 1 aliphatic rings. The Morgan fingerprint density at radius 2 is 1.63 bits per heavy atom. The van der Waals surface area contributed by atoms with Gasteiger partial charge in [0, 0.05) is 11.7 Å². The summed E-state index contributed by atoms with van der Waals surface area (Å²) >= 11 is 0. The quantitative estimate of drug-likeness (QED) is 0.501. The Morgan fingerprint density at radius 3 is 2.27 bits per heavy atom. The summed E-state index contributed by atoms with van der Waals surface area (Å²) in [5.41, 5.74) is 22.7. The van der Waals surface area contributed by atoms with E-state index in [-0.39, 0.29) is 0 Å². The lowest BCUT2D eigenvalue weighted by molar-refractivity contribution is 0.342. The topological polar surface area (TPSA) is 87.3 Å². The van der Waals surface area contributed by atoms with Crippen molar-refractivity contribution in [2.24, 2.45) is 5.73 Å². The molecule has 1 aliphatic carbocycles. The molecule has 3 aromatic carbocycles. The Morgan fingerprint density at radius 1 is 0.900 bits per heavy atom. The van der Waals surface area contributed by atoms with Crippen LogP contribution in [0, 0.1) is 0 Å². The summed E-state index contributed by atoms with van der Waals surface area (Å²) in [6.07, 6.45) is 4.67. The number of hydrogen-bond acceptors (Lipinski definition) is 4. The summed E-state index contributed by atoms with van der Waals surface area (Å²) in [4.78, 5) is 0. The molecule has 0 saturated carbocycles. The Hall–Kier alpha value is -2.98. The van der Waals surface area contributed by atoms with Gasteiger partial charge in [-0.3, -0.25) is 0 Å². The number of benzene rings is 3. The molecular formula is C26H35N3O. The summed E-state index contributed by atoms with van der Waals surface area (Å²) in [5.74, 6) is 0.769. The van der Waals surface area contributed by atoms with Crippen molar-refractivity contribution < 1.29 is 4.74 Å². The van der Waals surface area contributed by atoms with Gasteiger partial charge in [0.1, 0.15) is 5.75 Å². The Kier molecular flexibility index (Phi) is 9.75. The first-order valence-corrected chi connectivity index (χ1v) is 10.7. The highest BCUT2D eigenvalue weighted by Crippen LogP contribution is 2.27. The lowest BCUT2D eigenvalue weighted by Gasteiger charge is -2.21. The Balaban J connectivity index is 0.000000161. The van der Waals surface area contributed by atoms with Gasteiger partial charge in [0.05, 0.1) is 12.3 Å². The van der Waals surface area contributed by atoms with Crippen LogP contribution in [0.25, 0.3) is 0 Å². The van der Waals surface area contributed by atoms with E-state index >= 15 is 0 Å². The van der Waals surface area contributed by atoms with Gasteiger partial charge in [-0.15, -0.1) is 0 Å². The number of aryl methyl sites for hydroxylation is 2. The zero-order chi connectivity index (χ0) is 21.8. The molecule has 0 saturated heterocycles. The highest BCUT2D eigenvalue weighted by Gasteiger charge is 2.14. The van der Waals surface area contributed by atoms with Crippen molar-refractivity contribution in [3.63, 3.8) is 0 Å². The smallest absolute Gasteiger partial charge is 0.142 e. The van der Waals surface area contributed by atoms with Gasteiger partial charge < -0.3 is 21.9 Å². The standard InChI is InChI=1S/C10H13N.C8H11NO.C8H11N/c11-10-7-3-5-8-4-1-2-6-9(8)10;1-2-10-8-6-4-3-5-7(8)9;1-2-7-4-3-5-8(9)6-7/h1-2,4,6,10H,3,5,7,11H2;3-6H,2,9H2,1H3;3-6H,2,9H2,1H3. The zero-order valence-electron chi connectivity index (χ0n) is 18.2. The van der Waals surface area contributed by atoms with Crippen LogP contribution in [0.2, 0.25) is 0 Å². The number of fused-ring (bicyclic) bond motifs is 1. The van der Waals surface area contributed by atoms with Gasteiger partial charge in [-0.1, -0.05) is 55.5 Å². The molecule has 0 aromatic heterocycles. The maximum absolute atomic E-state index is 5.95. The second-order valence-corrected chi connectivity index (χ2v) is 7.27. The number of nitrogens with two attached hydrogens (primary N) is 3. The molecule has 0 spiro atoms. The summed E-state index contributed by atoms with van der Waals surface area (Å²) in [6.45, 7) is 4.72. The minimum atomic E-state index is 0.292.